The first-order valence-electron chi connectivity index (χ1n) is 17.2. The van der Waals surface area contributed by atoms with E-state index < -0.39 is 23.3 Å². The van der Waals surface area contributed by atoms with Crippen molar-refractivity contribution in [2.75, 3.05) is 57.8 Å². The second-order valence-corrected chi connectivity index (χ2v) is 14.1. The smallest absolute Gasteiger partial charge is 0.133 e. The predicted octanol–water partition coefficient (Wildman–Crippen LogP) is 7.12. The van der Waals surface area contributed by atoms with Gasteiger partial charge in [0.15, 0.2) is 0 Å². The van der Waals surface area contributed by atoms with Crippen molar-refractivity contribution in [2.24, 2.45) is 5.41 Å². The number of benzene rings is 3. The topological polar surface area (TPSA) is 56.2 Å². The van der Waals surface area contributed by atoms with Crippen molar-refractivity contribution in [3.05, 3.63) is 94.6 Å². The molecule has 1 unspecified atom stereocenters. The summed E-state index contributed by atoms with van der Waals surface area (Å²) < 4.78 is 53.5. The molecule has 6 nitrogen and oxygen atoms in total. The normalized spacial score (nSPS) is 20.0. The summed E-state index contributed by atoms with van der Waals surface area (Å²) in [5.41, 5.74) is 2.02. The van der Waals surface area contributed by atoms with Crippen LogP contribution in [0.5, 0.6) is 5.75 Å². The summed E-state index contributed by atoms with van der Waals surface area (Å²) in [4.78, 5) is 17.2. The lowest BCUT2D eigenvalue weighted by Gasteiger charge is -2.43. The average Bonchev–Trinajstić information content (AvgIpc) is 3.27. The minimum atomic E-state index is -1.53. The van der Waals surface area contributed by atoms with Gasteiger partial charge in [0, 0.05) is 44.5 Å². The fourth-order valence-corrected chi connectivity index (χ4v) is 7.83. The van der Waals surface area contributed by atoms with Gasteiger partial charge in [-0.15, -0.1) is 0 Å². The molecule has 1 N–H and O–H groups in total. The van der Waals surface area contributed by atoms with Gasteiger partial charge in [-0.05, 0) is 112 Å². The van der Waals surface area contributed by atoms with Crippen molar-refractivity contribution in [1.29, 1.82) is 0 Å². The van der Waals surface area contributed by atoms with Crippen LogP contribution in [0.3, 0.4) is 0 Å². The Morgan fingerprint density at radius 1 is 0.917 bits per heavy atom. The fourth-order valence-electron chi connectivity index (χ4n) is 7.83. The molecule has 2 saturated heterocycles. The van der Waals surface area contributed by atoms with Crippen molar-refractivity contribution in [1.82, 2.24) is 9.80 Å². The van der Waals surface area contributed by atoms with Crippen LogP contribution in [0.2, 0.25) is 0 Å². The Kier molecular flexibility index (Phi) is 11.9. The summed E-state index contributed by atoms with van der Waals surface area (Å²) in [5.74, 6) is -0.499. The highest BCUT2D eigenvalue weighted by atomic mass is 19.1. The molecule has 3 aromatic rings. The number of nitrogens with zero attached hydrogens (tertiary/aromatic N) is 3. The molecule has 0 radical (unpaired) electrons. The van der Waals surface area contributed by atoms with Crippen molar-refractivity contribution >= 4 is 12.0 Å². The zero-order valence-corrected chi connectivity index (χ0v) is 28.6. The van der Waals surface area contributed by atoms with Crippen LogP contribution in [-0.2, 0) is 17.8 Å². The average molecular weight is 666 g/mol. The third kappa shape index (κ3) is 8.60. The first-order chi connectivity index (χ1) is 23.1. The molecule has 260 valence electrons. The van der Waals surface area contributed by atoms with Gasteiger partial charge in [0.1, 0.15) is 35.9 Å². The number of anilines is 1. The van der Waals surface area contributed by atoms with E-state index >= 15 is 13.2 Å². The number of aldehydes is 1. The monoisotopic (exact) mass is 665 g/mol. The van der Waals surface area contributed by atoms with Gasteiger partial charge in [-0.25, -0.2) is 13.2 Å². The van der Waals surface area contributed by atoms with Gasteiger partial charge in [-0.1, -0.05) is 36.4 Å². The van der Waals surface area contributed by atoms with Crippen molar-refractivity contribution in [2.45, 2.75) is 70.7 Å². The Bertz CT molecular complexity index is 1480. The highest BCUT2D eigenvalue weighted by Gasteiger charge is 2.38. The van der Waals surface area contributed by atoms with Crippen LogP contribution in [0, 0.1) is 17.0 Å². The molecule has 0 amide bonds. The van der Waals surface area contributed by atoms with Crippen molar-refractivity contribution in [3.8, 4) is 5.75 Å². The predicted molar refractivity (Wildman–Crippen MR) is 184 cm³/mol. The first kappa shape index (κ1) is 35.9. The molecule has 2 fully saturated rings. The molecule has 6 rings (SSSR count). The SMILES string of the molecule is CC(C)(F)CN1CCc2cc(OCc3ccccc3)ccc2C1c1c(F)cc(N2CCC3(CCCN(CC=O)CC3)CC2)cc1F.CO. The number of aliphatic hydroxyl groups excluding tert-OH is 1. The summed E-state index contributed by atoms with van der Waals surface area (Å²) in [5, 5.41) is 7.00. The standard InChI is InChI=1S/C38H46F3N3O2.CH4O/c1-37(2,41)27-44-17-11-29-23-31(46-26-28-7-4-3-5-8-28)9-10-32(29)36(44)35-33(39)24-30(25-34(35)40)43-19-14-38(15-20-43)12-6-16-42(18-13-38)21-22-45;1-2/h3-5,7-10,22-25,36H,6,11-21,26-27H2,1-2H3;2H,1H3. The fraction of sp³-hybridized carbons (Fsp3) is 0.513. The molecule has 1 atom stereocenters. The van der Waals surface area contributed by atoms with Gasteiger partial charge in [0.25, 0.3) is 0 Å². The Balaban J connectivity index is 0.00000221. The van der Waals surface area contributed by atoms with Crippen LogP contribution in [0.4, 0.5) is 18.9 Å². The second-order valence-electron chi connectivity index (χ2n) is 14.1. The molecule has 3 aliphatic heterocycles. The number of ether oxygens (including phenoxy) is 1. The van der Waals surface area contributed by atoms with Gasteiger partial charge < -0.3 is 19.5 Å². The number of aliphatic hydroxyl groups is 1. The van der Waals surface area contributed by atoms with Crippen LogP contribution < -0.4 is 9.64 Å². The van der Waals surface area contributed by atoms with Crippen LogP contribution in [0.25, 0.3) is 0 Å². The lowest BCUT2D eigenvalue weighted by molar-refractivity contribution is -0.108. The Labute approximate surface area is 283 Å². The molecule has 0 saturated carbocycles. The molecule has 9 heteroatoms. The molecule has 3 aromatic carbocycles. The number of alkyl halides is 1. The summed E-state index contributed by atoms with van der Waals surface area (Å²) in [7, 11) is 1.00. The number of fused-ring (bicyclic) bond motifs is 1. The van der Waals surface area contributed by atoms with E-state index in [1.807, 2.05) is 53.4 Å². The molecule has 1 spiro atoms. The van der Waals surface area contributed by atoms with E-state index in [0.29, 0.717) is 37.6 Å². The highest BCUT2D eigenvalue weighted by Crippen LogP contribution is 2.44. The summed E-state index contributed by atoms with van der Waals surface area (Å²) in [6.07, 6.45) is 6.80. The quantitative estimate of drug-likeness (QED) is 0.246. The molecule has 0 bridgehead atoms. The van der Waals surface area contributed by atoms with Gasteiger partial charge in [-0.3, -0.25) is 9.80 Å². The first-order valence-corrected chi connectivity index (χ1v) is 17.2. The van der Waals surface area contributed by atoms with E-state index in [2.05, 4.69) is 9.80 Å². The lowest BCUT2D eigenvalue weighted by Crippen LogP contribution is -2.43. The van der Waals surface area contributed by atoms with Gasteiger partial charge >= 0.3 is 0 Å². The van der Waals surface area contributed by atoms with E-state index in [4.69, 9.17) is 9.84 Å². The molecule has 0 aromatic heterocycles. The van der Waals surface area contributed by atoms with E-state index in [0.717, 1.165) is 88.4 Å². The number of halogens is 3. The Morgan fingerprint density at radius 2 is 1.60 bits per heavy atom. The van der Waals surface area contributed by atoms with E-state index in [1.165, 1.54) is 26.0 Å². The number of hydrogen-bond donors (Lipinski definition) is 1. The van der Waals surface area contributed by atoms with Crippen LogP contribution in [-0.4, -0.2) is 79.8 Å². The molecule has 3 heterocycles. The van der Waals surface area contributed by atoms with E-state index in [1.54, 1.807) is 0 Å². The Morgan fingerprint density at radius 3 is 2.27 bits per heavy atom. The summed E-state index contributed by atoms with van der Waals surface area (Å²) >= 11 is 0. The number of likely N-dealkylation sites (tertiary alicyclic amines) is 1. The third-order valence-corrected chi connectivity index (χ3v) is 10.3. The maximum absolute atomic E-state index is 16.2. The highest BCUT2D eigenvalue weighted by molar-refractivity contribution is 5.53. The van der Waals surface area contributed by atoms with Gasteiger partial charge in [0.2, 0.25) is 0 Å². The van der Waals surface area contributed by atoms with Crippen LogP contribution >= 0.6 is 0 Å². The molecular weight excluding hydrogens is 615 g/mol. The molecular formula is C39H50F3N3O3. The minimum absolute atomic E-state index is 0.0283. The number of piperidine rings is 1. The lowest BCUT2D eigenvalue weighted by atomic mass is 9.73. The maximum atomic E-state index is 16.2. The zero-order chi connectivity index (χ0) is 34.3. The van der Waals surface area contributed by atoms with Gasteiger partial charge in [-0.2, -0.15) is 0 Å². The number of hydrogen-bond acceptors (Lipinski definition) is 6. The number of rotatable bonds is 9. The van der Waals surface area contributed by atoms with Crippen LogP contribution in [0.15, 0.2) is 60.7 Å². The summed E-state index contributed by atoms with van der Waals surface area (Å²) in [6, 6.07) is 17.8. The van der Waals surface area contributed by atoms with Crippen molar-refractivity contribution in [3.63, 3.8) is 0 Å². The van der Waals surface area contributed by atoms with E-state index in [9.17, 15) is 4.79 Å². The number of carbonyl (C=O) groups is 1. The number of carbonyl (C=O) groups excluding carboxylic acids is 1. The molecule has 48 heavy (non-hydrogen) atoms. The zero-order valence-electron chi connectivity index (χ0n) is 28.6. The van der Waals surface area contributed by atoms with Crippen molar-refractivity contribution < 1.29 is 27.8 Å². The maximum Gasteiger partial charge on any atom is 0.133 e. The largest absolute Gasteiger partial charge is 0.489 e. The summed E-state index contributed by atoms with van der Waals surface area (Å²) in [6.45, 7) is 7.82. The second kappa shape index (κ2) is 15.9. The van der Waals surface area contributed by atoms with Gasteiger partial charge in [0.05, 0.1) is 12.6 Å². The van der Waals surface area contributed by atoms with E-state index in [-0.39, 0.29) is 17.5 Å². The molecule has 0 aliphatic carbocycles. The third-order valence-electron chi connectivity index (χ3n) is 10.3. The van der Waals surface area contributed by atoms with Crippen LogP contribution in [0.1, 0.15) is 74.2 Å². The Hall–Kier alpha value is -3.40. The molecule has 3 aliphatic rings. The minimum Gasteiger partial charge on any atom is -0.489 e.